The third-order valence-corrected chi connectivity index (χ3v) is 7.17. The van der Waals surface area contributed by atoms with Crippen molar-refractivity contribution in [3.8, 4) is 11.5 Å². The molecule has 9 heteroatoms. The van der Waals surface area contributed by atoms with Gasteiger partial charge >= 0.3 is 12.1 Å². The molecule has 0 heterocycles. The fourth-order valence-corrected chi connectivity index (χ4v) is 4.81. The summed E-state index contributed by atoms with van der Waals surface area (Å²) in [6.07, 6.45) is 1.03. The number of anilines is 1. The Bertz CT molecular complexity index is 1600. The molecule has 45 heavy (non-hydrogen) atoms. The number of halogens is 1. The first-order valence-electron chi connectivity index (χ1n) is 14.5. The molecule has 1 N–H and O–H groups in total. The fourth-order valence-electron chi connectivity index (χ4n) is 4.40. The van der Waals surface area contributed by atoms with Crippen LogP contribution in [0.4, 0.5) is 10.5 Å². The van der Waals surface area contributed by atoms with Crippen LogP contribution in [0, 0.1) is 0 Å². The van der Waals surface area contributed by atoms with E-state index in [-0.39, 0.29) is 13.2 Å². The maximum atomic E-state index is 13.1. The summed E-state index contributed by atoms with van der Waals surface area (Å²) in [6, 6.07) is 27.6. The molecule has 0 spiro atoms. The SMILES string of the molecule is CC(C)(C)OC(=O)Nc1ccc(C(=O)OCc2ccccc2)c(CCCOc2c(OCc3ccccc3)ccc(Br)c2C=O)c1. The maximum Gasteiger partial charge on any atom is 0.412 e. The molecule has 0 atom stereocenters. The van der Waals surface area contributed by atoms with Crippen molar-refractivity contribution in [1.82, 2.24) is 0 Å². The van der Waals surface area contributed by atoms with Crippen molar-refractivity contribution in [2.75, 3.05) is 11.9 Å². The van der Waals surface area contributed by atoms with Crippen LogP contribution < -0.4 is 14.8 Å². The molecule has 0 saturated heterocycles. The molecule has 8 nitrogen and oxygen atoms in total. The van der Waals surface area contributed by atoms with E-state index in [2.05, 4.69) is 21.2 Å². The second-order valence-electron chi connectivity index (χ2n) is 11.2. The van der Waals surface area contributed by atoms with Gasteiger partial charge in [-0.2, -0.15) is 0 Å². The Labute approximate surface area is 271 Å². The van der Waals surface area contributed by atoms with Gasteiger partial charge in [0.15, 0.2) is 17.8 Å². The van der Waals surface area contributed by atoms with Crippen LogP contribution in [-0.4, -0.2) is 30.6 Å². The van der Waals surface area contributed by atoms with Crippen LogP contribution in [0.5, 0.6) is 11.5 Å². The Kier molecular flexibility index (Phi) is 11.8. The topological polar surface area (TPSA) is 100 Å². The molecule has 0 bridgehead atoms. The molecule has 0 aliphatic rings. The van der Waals surface area contributed by atoms with Crippen molar-refractivity contribution < 1.29 is 33.3 Å². The molecule has 0 radical (unpaired) electrons. The Balaban J connectivity index is 1.48. The van der Waals surface area contributed by atoms with Crippen LogP contribution in [0.25, 0.3) is 0 Å². The van der Waals surface area contributed by atoms with Gasteiger partial charge in [-0.05, 0) is 96.6 Å². The van der Waals surface area contributed by atoms with Gasteiger partial charge in [-0.3, -0.25) is 10.1 Å². The molecule has 0 aliphatic heterocycles. The number of rotatable bonds is 13. The summed E-state index contributed by atoms with van der Waals surface area (Å²) in [6.45, 7) is 6.00. The number of amides is 1. The van der Waals surface area contributed by atoms with E-state index in [0.29, 0.717) is 57.8 Å². The molecular weight excluding hydrogens is 638 g/mol. The van der Waals surface area contributed by atoms with Crippen molar-refractivity contribution in [3.63, 3.8) is 0 Å². The van der Waals surface area contributed by atoms with E-state index >= 15 is 0 Å². The summed E-state index contributed by atoms with van der Waals surface area (Å²) < 4.78 is 23.7. The lowest BCUT2D eigenvalue weighted by Crippen LogP contribution is -2.27. The number of benzene rings is 4. The second-order valence-corrected chi connectivity index (χ2v) is 12.0. The minimum absolute atomic E-state index is 0.128. The van der Waals surface area contributed by atoms with E-state index in [1.54, 1.807) is 51.1 Å². The fraction of sp³-hybridized carbons (Fsp3) is 0.250. The number of ether oxygens (including phenoxy) is 4. The normalized spacial score (nSPS) is 10.9. The smallest absolute Gasteiger partial charge is 0.412 e. The summed E-state index contributed by atoms with van der Waals surface area (Å²) >= 11 is 3.42. The van der Waals surface area contributed by atoms with E-state index in [0.717, 1.165) is 17.4 Å². The van der Waals surface area contributed by atoms with Crippen LogP contribution in [0.15, 0.2) is 95.5 Å². The molecule has 234 valence electrons. The molecule has 4 aromatic carbocycles. The summed E-state index contributed by atoms with van der Waals surface area (Å²) in [5.41, 5.74) is 3.04. The van der Waals surface area contributed by atoms with Crippen molar-refractivity contribution >= 4 is 40.0 Å². The highest BCUT2D eigenvalue weighted by Crippen LogP contribution is 2.36. The van der Waals surface area contributed by atoms with Crippen molar-refractivity contribution in [3.05, 3.63) is 123 Å². The first kappa shape index (κ1) is 33.3. The number of aryl methyl sites for hydroxylation is 1. The van der Waals surface area contributed by atoms with Crippen LogP contribution in [-0.2, 0) is 29.1 Å². The molecular formula is C36H36BrNO7. The summed E-state index contributed by atoms with van der Waals surface area (Å²) in [4.78, 5) is 37.5. The van der Waals surface area contributed by atoms with E-state index in [1.807, 2.05) is 60.7 Å². The van der Waals surface area contributed by atoms with Gasteiger partial charge in [-0.15, -0.1) is 0 Å². The number of hydrogen-bond donors (Lipinski definition) is 1. The minimum atomic E-state index is -0.665. The number of esters is 1. The molecule has 0 fully saturated rings. The van der Waals surface area contributed by atoms with Gasteiger partial charge in [-0.25, -0.2) is 9.59 Å². The zero-order valence-corrected chi connectivity index (χ0v) is 27.1. The number of aldehydes is 1. The zero-order chi connectivity index (χ0) is 32.2. The first-order valence-corrected chi connectivity index (χ1v) is 15.3. The highest BCUT2D eigenvalue weighted by Gasteiger charge is 2.19. The highest BCUT2D eigenvalue weighted by atomic mass is 79.9. The lowest BCUT2D eigenvalue weighted by atomic mass is 10.0. The molecule has 0 saturated carbocycles. The van der Waals surface area contributed by atoms with Crippen molar-refractivity contribution in [2.24, 2.45) is 0 Å². The number of carbonyl (C=O) groups is 3. The minimum Gasteiger partial charge on any atom is -0.489 e. The largest absolute Gasteiger partial charge is 0.489 e. The highest BCUT2D eigenvalue weighted by molar-refractivity contribution is 9.10. The monoisotopic (exact) mass is 673 g/mol. The lowest BCUT2D eigenvalue weighted by molar-refractivity contribution is 0.0471. The number of hydrogen-bond acceptors (Lipinski definition) is 7. The van der Waals surface area contributed by atoms with Crippen LogP contribution in [0.1, 0.15) is 64.6 Å². The standard InChI is InChI=1S/C36H36BrNO7/c1-36(2,3)45-35(41)38-28-16-17-29(34(40)44-24-26-13-8-5-9-14-26)27(21-28)15-10-20-42-33-30(22-39)31(37)18-19-32(33)43-23-25-11-6-4-7-12-25/h4-9,11-14,16-19,21-22H,10,15,20,23-24H2,1-3H3,(H,38,41). The van der Waals surface area contributed by atoms with Gasteiger partial charge in [0.25, 0.3) is 0 Å². The summed E-state index contributed by atoms with van der Waals surface area (Å²) in [5, 5.41) is 2.73. The predicted molar refractivity (Wildman–Crippen MR) is 176 cm³/mol. The van der Waals surface area contributed by atoms with Gasteiger partial charge < -0.3 is 18.9 Å². The Morgan fingerprint density at radius 2 is 1.51 bits per heavy atom. The summed E-state index contributed by atoms with van der Waals surface area (Å²) in [7, 11) is 0. The van der Waals surface area contributed by atoms with Crippen molar-refractivity contribution in [2.45, 2.75) is 52.4 Å². The van der Waals surface area contributed by atoms with Gasteiger partial charge in [-0.1, -0.05) is 60.7 Å². The van der Waals surface area contributed by atoms with Gasteiger partial charge in [0, 0.05) is 10.2 Å². The van der Waals surface area contributed by atoms with Gasteiger partial charge in [0.05, 0.1) is 17.7 Å². The maximum absolute atomic E-state index is 13.1. The van der Waals surface area contributed by atoms with E-state index in [4.69, 9.17) is 18.9 Å². The second kappa shape index (κ2) is 15.9. The predicted octanol–water partition coefficient (Wildman–Crippen LogP) is 8.56. The van der Waals surface area contributed by atoms with Crippen molar-refractivity contribution in [1.29, 1.82) is 0 Å². The molecule has 4 rings (SSSR count). The molecule has 0 unspecified atom stereocenters. The third-order valence-electron chi connectivity index (χ3n) is 6.48. The van der Waals surface area contributed by atoms with Crippen LogP contribution in [0.3, 0.4) is 0 Å². The molecule has 0 aromatic heterocycles. The van der Waals surface area contributed by atoms with Crippen LogP contribution >= 0.6 is 15.9 Å². The number of nitrogens with one attached hydrogen (secondary N) is 1. The van der Waals surface area contributed by atoms with Gasteiger partial charge in [0.2, 0.25) is 0 Å². The third kappa shape index (κ3) is 10.2. The molecule has 1 amide bonds. The zero-order valence-electron chi connectivity index (χ0n) is 25.5. The van der Waals surface area contributed by atoms with Gasteiger partial charge in [0.1, 0.15) is 18.8 Å². The van der Waals surface area contributed by atoms with E-state index in [1.165, 1.54) is 0 Å². The first-order chi connectivity index (χ1) is 21.6. The lowest BCUT2D eigenvalue weighted by Gasteiger charge is -2.20. The Morgan fingerprint density at radius 3 is 2.16 bits per heavy atom. The molecule has 4 aromatic rings. The Hall–Kier alpha value is -4.63. The van der Waals surface area contributed by atoms with Crippen LogP contribution in [0.2, 0.25) is 0 Å². The average molecular weight is 675 g/mol. The number of carbonyl (C=O) groups excluding carboxylic acids is 3. The Morgan fingerprint density at radius 1 is 0.844 bits per heavy atom. The van der Waals surface area contributed by atoms with E-state index in [9.17, 15) is 14.4 Å². The summed E-state index contributed by atoms with van der Waals surface area (Å²) in [5.74, 6) is 0.293. The van der Waals surface area contributed by atoms with E-state index < -0.39 is 17.7 Å². The quantitative estimate of drug-likeness (QED) is 0.0862. The molecule has 0 aliphatic carbocycles. The average Bonchev–Trinajstić information content (AvgIpc) is 3.01.